The molecule has 0 heterocycles. The topological polar surface area (TPSA) is 55.2 Å². The third kappa shape index (κ3) is 4.88. The second kappa shape index (κ2) is 7.56. The zero-order chi connectivity index (χ0) is 14.4. The lowest BCUT2D eigenvalue weighted by atomic mass is 10.1. The monoisotopic (exact) mass is 304 g/mol. The van der Waals surface area contributed by atoms with Crippen molar-refractivity contribution in [3.8, 4) is 0 Å². The average molecular weight is 305 g/mol. The summed E-state index contributed by atoms with van der Waals surface area (Å²) in [7, 11) is 0. The number of nitro groups is 1. The maximum absolute atomic E-state index is 11.0. The zero-order valence-electron chi connectivity index (χ0n) is 11.1. The van der Waals surface area contributed by atoms with Crippen LogP contribution in [-0.4, -0.2) is 11.0 Å². The van der Waals surface area contributed by atoms with Gasteiger partial charge in [-0.05, 0) is 19.4 Å². The van der Waals surface area contributed by atoms with Crippen molar-refractivity contribution in [2.45, 2.75) is 45.6 Å². The molecule has 0 saturated carbocycles. The molecular weight excluding hydrogens is 287 g/mol. The Morgan fingerprint density at radius 1 is 1.32 bits per heavy atom. The lowest BCUT2D eigenvalue weighted by molar-refractivity contribution is -0.384. The molecule has 1 N–H and O–H groups in total. The molecule has 0 fully saturated rings. The normalized spacial score (nSPS) is 12.2. The number of benzene rings is 1. The van der Waals surface area contributed by atoms with Crippen molar-refractivity contribution in [2.75, 3.05) is 5.32 Å². The Morgan fingerprint density at radius 2 is 1.95 bits per heavy atom. The van der Waals surface area contributed by atoms with Gasteiger partial charge in [0.05, 0.1) is 15.0 Å². The van der Waals surface area contributed by atoms with Gasteiger partial charge < -0.3 is 5.32 Å². The quantitative estimate of drug-likeness (QED) is 0.423. The van der Waals surface area contributed by atoms with E-state index in [4.69, 9.17) is 23.2 Å². The van der Waals surface area contributed by atoms with Crippen molar-refractivity contribution in [3.05, 3.63) is 32.3 Å². The predicted octanol–water partition coefficient (Wildman–Crippen LogP) is 5.28. The van der Waals surface area contributed by atoms with Gasteiger partial charge in [-0.3, -0.25) is 10.1 Å². The van der Waals surface area contributed by atoms with Gasteiger partial charge in [-0.15, -0.1) is 0 Å². The number of hydrogen-bond donors (Lipinski definition) is 1. The second-order valence-corrected chi connectivity index (χ2v) is 5.40. The first-order valence-corrected chi connectivity index (χ1v) is 7.11. The molecule has 19 heavy (non-hydrogen) atoms. The summed E-state index contributed by atoms with van der Waals surface area (Å²) < 4.78 is 0. The number of nitrogens with one attached hydrogen (secondary N) is 1. The minimum Gasteiger partial charge on any atom is -0.377 e. The average Bonchev–Trinajstić information content (AvgIpc) is 2.33. The Labute approximate surface area is 123 Å². The van der Waals surface area contributed by atoms with Crippen molar-refractivity contribution in [1.29, 1.82) is 0 Å². The van der Waals surface area contributed by atoms with Gasteiger partial charge in [0.25, 0.3) is 5.69 Å². The SMILES string of the molecule is CCCCCC(C)Nc1cc(Cl)c(Cl)cc1[N+](=O)[O-]. The van der Waals surface area contributed by atoms with Gasteiger partial charge >= 0.3 is 0 Å². The molecule has 0 aliphatic heterocycles. The highest BCUT2D eigenvalue weighted by atomic mass is 35.5. The van der Waals surface area contributed by atoms with E-state index in [0.717, 1.165) is 25.7 Å². The van der Waals surface area contributed by atoms with Crippen LogP contribution in [0, 0.1) is 10.1 Å². The van der Waals surface area contributed by atoms with Crippen LogP contribution in [0.5, 0.6) is 0 Å². The lowest BCUT2D eigenvalue weighted by Gasteiger charge is -2.15. The van der Waals surface area contributed by atoms with E-state index in [9.17, 15) is 10.1 Å². The first kappa shape index (κ1) is 16.1. The number of nitrogens with zero attached hydrogens (tertiary/aromatic N) is 1. The first-order chi connectivity index (χ1) is 8.95. The van der Waals surface area contributed by atoms with Crippen LogP contribution in [0.1, 0.15) is 39.5 Å². The minimum atomic E-state index is -0.455. The van der Waals surface area contributed by atoms with Gasteiger partial charge in [0.2, 0.25) is 0 Å². The van der Waals surface area contributed by atoms with Crippen LogP contribution in [0.4, 0.5) is 11.4 Å². The summed E-state index contributed by atoms with van der Waals surface area (Å²) in [6, 6.07) is 2.95. The highest BCUT2D eigenvalue weighted by Crippen LogP contribution is 2.34. The van der Waals surface area contributed by atoms with Crippen LogP contribution in [0.3, 0.4) is 0 Å². The van der Waals surface area contributed by atoms with E-state index in [1.54, 1.807) is 0 Å². The van der Waals surface area contributed by atoms with Crippen LogP contribution >= 0.6 is 23.2 Å². The van der Waals surface area contributed by atoms with Crippen LogP contribution in [-0.2, 0) is 0 Å². The summed E-state index contributed by atoms with van der Waals surface area (Å²) in [6.45, 7) is 4.14. The summed E-state index contributed by atoms with van der Waals surface area (Å²) in [5.41, 5.74) is 0.375. The highest BCUT2D eigenvalue weighted by Gasteiger charge is 2.18. The molecule has 1 unspecified atom stereocenters. The summed E-state index contributed by atoms with van der Waals surface area (Å²) in [4.78, 5) is 10.5. The molecule has 0 amide bonds. The number of halogens is 2. The Kier molecular flexibility index (Phi) is 6.38. The summed E-state index contributed by atoms with van der Waals surface area (Å²) in [5.74, 6) is 0. The molecule has 4 nitrogen and oxygen atoms in total. The van der Waals surface area contributed by atoms with Crippen molar-refractivity contribution < 1.29 is 4.92 Å². The summed E-state index contributed by atoms with van der Waals surface area (Å²) in [6.07, 6.45) is 4.38. The number of anilines is 1. The molecule has 106 valence electrons. The molecule has 0 aliphatic rings. The minimum absolute atomic E-state index is 0.0447. The van der Waals surface area contributed by atoms with Gasteiger partial charge in [-0.1, -0.05) is 49.4 Å². The van der Waals surface area contributed by atoms with E-state index in [2.05, 4.69) is 12.2 Å². The number of rotatable bonds is 7. The fourth-order valence-electron chi connectivity index (χ4n) is 1.84. The van der Waals surface area contributed by atoms with Gasteiger partial charge in [-0.25, -0.2) is 0 Å². The number of nitro benzene ring substituents is 1. The third-order valence-corrected chi connectivity index (χ3v) is 3.60. The van der Waals surface area contributed by atoms with E-state index in [1.165, 1.54) is 12.1 Å². The molecule has 0 spiro atoms. The summed E-state index contributed by atoms with van der Waals surface area (Å²) >= 11 is 11.7. The Bertz CT molecular complexity index is 453. The Balaban J connectivity index is 2.81. The molecule has 0 aromatic heterocycles. The molecule has 1 rings (SSSR count). The molecule has 0 saturated heterocycles. The molecule has 1 aromatic rings. The van der Waals surface area contributed by atoms with E-state index in [-0.39, 0.29) is 16.8 Å². The Hall–Kier alpha value is -1.00. The second-order valence-electron chi connectivity index (χ2n) is 4.58. The van der Waals surface area contributed by atoms with Gasteiger partial charge in [-0.2, -0.15) is 0 Å². The van der Waals surface area contributed by atoms with E-state index in [1.807, 2.05) is 6.92 Å². The van der Waals surface area contributed by atoms with E-state index in [0.29, 0.717) is 10.7 Å². The van der Waals surface area contributed by atoms with Crippen LogP contribution in [0.15, 0.2) is 12.1 Å². The maximum atomic E-state index is 11.0. The third-order valence-electron chi connectivity index (χ3n) is 2.88. The summed E-state index contributed by atoms with van der Waals surface area (Å²) in [5, 5.41) is 14.6. The van der Waals surface area contributed by atoms with E-state index >= 15 is 0 Å². The molecule has 1 atom stereocenters. The van der Waals surface area contributed by atoms with Gasteiger partial charge in [0.1, 0.15) is 5.69 Å². The first-order valence-electron chi connectivity index (χ1n) is 6.35. The molecule has 0 radical (unpaired) electrons. The molecule has 0 bridgehead atoms. The standard InChI is InChI=1S/C13H18Cl2N2O2/c1-3-4-5-6-9(2)16-12-7-10(14)11(15)8-13(12)17(18)19/h7-9,16H,3-6H2,1-2H3. The molecule has 6 heteroatoms. The van der Waals surface area contributed by atoms with Gasteiger partial charge in [0.15, 0.2) is 0 Å². The smallest absolute Gasteiger partial charge is 0.293 e. The number of unbranched alkanes of at least 4 members (excludes halogenated alkanes) is 2. The Morgan fingerprint density at radius 3 is 2.53 bits per heavy atom. The molecule has 1 aromatic carbocycles. The highest BCUT2D eigenvalue weighted by molar-refractivity contribution is 6.42. The lowest BCUT2D eigenvalue weighted by Crippen LogP contribution is -2.16. The van der Waals surface area contributed by atoms with E-state index < -0.39 is 4.92 Å². The maximum Gasteiger partial charge on any atom is 0.293 e. The number of hydrogen-bond acceptors (Lipinski definition) is 3. The van der Waals surface area contributed by atoms with Crippen molar-refractivity contribution in [2.24, 2.45) is 0 Å². The fraction of sp³-hybridized carbons (Fsp3) is 0.538. The van der Waals surface area contributed by atoms with Crippen molar-refractivity contribution >= 4 is 34.6 Å². The van der Waals surface area contributed by atoms with Crippen molar-refractivity contribution in [1.82, 2.24) is 0 Å². The predicted molar refractivity (Wildman–Crippen MR) is 80.3 cm³/mol. The zero-order valence-corrected chi connectivity index (χ0v) is 12.6. The van der Waals surface area contributed by atoms with Crippen LogP contribution in [0.25, 0.3) is 0 Å². The molecular formula is C13H18Cl2N2O2. The molecule has 0 aliphatic carbocycles. The van der Waals surface area contributed by atoms with Crippen LogP contribution < -0.4 is 5.32 Å². The largest absolute Gasteiger partial charge is 0.377 e. The fourth-order valence-corrected chi connectivity index (χ4v) is 2.16. The van der Waals surface area contributed by atoms with Crippen LogP contribution in [0.2, 0.25) is 10.0 Å². The van der Waals surface area contributed by atoms with Gasteiger partial charge in [0, 0.05) is 12.1 Å². The van der Waals surface area contributed by atoms with Crippen molar-refractivity contribution in [3.63, 3.8) is 0 Å².